The molecule has 126 valence electrons. The van der Waals surface area contributed by atoms with Gasteiger partial charge in [0.2, 0.25) is 0 Å². The van der Waals surface area contributed by atoms with Crippen LogP contribution in [-0.2, 0) is 12.8 Å². The van der Waals surface area contributed by atoms with Crippen LogP contribution in [0.3, 0.4) is 0 Å². The number of carboxylic acid groups (broad SMARTS) is 1. The lowest BCUT2D eigenvalue weighted by Gasteiger charge is -2.23. The van der Waals surface area contributed by atoms with Gasteiger partial charge in [-0.05, 0) is 61.7 Å². The second-order valence-corrected chi connectivity index (χ2v) is 6.64. The SMILES string of the molecule is Cc1cc(C(C)n2ccc3cc(C(=O)O)ccc32)c2c(n1)CC=CC2. The van der Waals surface area contributed by atoms with Crippen LogP contribution < -0.4 is 0 Å². The van der Waals surface area contributed by atoms with Crippen molar-refractivity contribution in [2.24, 2.45) is 0 Å². The molecule has 2 heterocycles. The summed E-state index contributed by atoms with van der Waals surface area (Å²) < 4.78 is 2.22. The maximum absolute atomic E-state index is 11.2. The van der Waals surface area contributed by atoms with Gasteiger partial charge in [-0.1, -0.05) is 12.2 Å². The van der Waals surface area contributed by atoms with E-state index in [1.54, 1.807) is 12.1 Å². The van der Waals surface area contributed by atoms with E-state index in [1.807, 2.05) is 25.3 Å². The van der Waals surface area contributed by atoms with Crippen LogP contribution in [0.25, 0.3) is 10.9 Å². The predicted molar refractivity (Wildman–Crippen MR) is 98.2 cm³/mol. The number of aromatic carboxylic acids is 1. The first-order chi connectivity index (χ1) is 12.0. The standard InChI is InChI=1S/C21H20N2O2/c1-13-11-18(17-5-3-4-6-19(17)22-13)14(2)23-10-9-15-12-16(21(24)25)7-8-20(15)23/h3-4,7-12,14H,5-6H2,1-2H3,(H,24,25). The van der Waals surface area contributed by atoms with E-state index < -0.39 is 5.97 Å². The highest BCUT2D eigenvalue weighted by atomic mass is 16.4. The van der Waals surface area contributed by atoms with E-state index in [0.717, 1.165) is 29.4 Å². The van der Waals surface area contributed by atoms with Crippen molar-refractivity contribution in [3.8, 4) is 0 Å². The summed E-state index contributed by atoms with van der Waals surface area (Å²) in [7, 11) is 0. The molecule has 4 nitrogen and oxygen atoms in total. The van der Waals surface area contributed by atoms with Crippen molar-refractivity contribution in [3.05, 3.63) is 76.8 Å². The number of aryl methyl sites for hydroxylation is 1. The van der Waals surface area contributed by atoms with Gasteiger partial charge in [0.1, 0.15) is 0 Å². The molecule has 0 radical (unpaired) electrons. The van der Waals surface area contributed by atoms with Crippen molar-refractivity contribution < 1.29 is 9.90 Å². The number of aromatic nitrogens is 2. The van der Waals surface area contributed by atoms with E-state index in [1.165, 1.54) is 16.8 Å². The Labute approximate surface area is 146 Å². The summed E-state index contributed by atoms with van der Waals surface area (Å²) in [5.74, 6) is -0.895. The molecule has 4 heteroatoms. The van der Waals surface area contributed by atoms with Crippen molar-refractivity contribution in [2.45, 2.75) is 32.7 Å². The fraction of sp³-hybridized carbons (Fsp3) is 0.238. The van der Waals surface area contributed by atoms with E-state index >= 15 is 0 Å². The van der Waals surface area contributed by atoms with Crippen molar-refractivity contribution in [1.82, 2.24) is 9.55 Å². The molecule has 0 amide bonds. The lowest BCUT2D eigenvalue weighted by atomic mass is 9.92. The molecular weight excluding hydrogens is 312 g/mol. The van der Waals surface area contributed by atoms with Crippen molar-refractivity contribution >= 4 is 16.9 Å². The van der Waals surface area contributed by atoms with Gasteiger partial charge in [0.05, 0.1) is 11.6 Å². The molecule has 0 fully saturated rings. The third-order valence-electron chi connectivity index (χ3n) is 5.01. The molecule has 1 unspecified atom stereocenters. The highest BCUT2D eigenvalue weighted by Crippen LogP contribution is 2.31. The molecule has 0 saturated heterocycles. The van der Waals surface area contributed by atoms with E-state index in [-0.39, 0.29) is 6.04 Å². The molecule has 3 aromatic rings. The van der Waals surface area contributed by atoms with E-state index in [9.17, 15) is 9.90 Å². The van der Waals surface area contributed by atoms with Crippen LogP contribution >= 0.6 is 0 Å². The Morgan fingerprint density at radius 3 is 2.80 bits per heavy atom. The number of nitrogens with zero attached hydrogens (tertiary/aromatic N) is 2. The van der Waals surface area contributed by atoms with Crippen LogP contribution in [0.4, 0.5) is 0 Å². The maximum Gasteiger partial charge on any atom is 0.335 e. The van der Waals surface area contributed by atoms with E-state index in [4.69, 9.17) is 4.98 Å². The number of allylic oxidation sites excluding steroid dienone is 2. The fourth-order valence-electron chi connectivity index (χ4n) is 3.75. The number of carboxylic acids is 1. The largest absolute Gasteiger partial charge is 0.478 e. The van der Waals surface area contributed by atoms with Gasteiger partial charge in [-0.15, -0.1) is 0 Å². The van der Waals surface area contributed by atoms with Crippen LogP contribution in [-0.4, -0.2) is 20.6 Å². The van der Waals surface area contributed by atoms with Crippen molar-refractivity contribution in [3.63, 3.8) is 0 Å². The second-order valence-electron chi connectivity index (χ2n) is 6.64. The molecule has 0 spiro atoms. The summed E-state index contributed by atoms with van der Waals surface area (Å²) in [6.45, 7) is 4.24. The summed E-state index contributed by atoms with van der Waals surface area (Å²) in [6.07, 6.45) is 8.25. The first-order valence-electron chi connectivity index (χ1n) is 8.53. The summed E-state index contributed by atoms with van der Waals surface area (Å²) in [5.41, 5.74) is 6.21. The van der Waals surface area contributed by atoms with Crippen LogP contribution in [0.1, 0.15) is 45.8 Å². The molecule has 1 atom stereocenters. The molecule has 2 aromatic heterocycles. The number of pyridine rings is 1. The first-order valence-corrected chi connectivity index (χ1v) is 8.53. The van der Waals surface area contributed by atoms with Crippen LogP contribution in [0.5, 0.6) is 0 Å². The predicted octanol–water partition coefficient (Wildman–Crippen LogP) is 4.31. The zero-order chi connectivity index (χ0) is 17.6. The Kier molecular flexibility index (Phi) is 3.68. The maximum atomic E-state index is 11.2. The molecule has 0 aliphatic heterocycles. The van der Waals surface area contributed by atoms with Crippen LogP contribution in [0.2, 0.25) is 0 Å². The molecule has 0 bridgehead atoms. The van der Waals surface area contributed by atoms with Gasteiger partial charge in [-0.2, -0.15) is 0 Å². The monoisotopic (exact) mass is 332 g/mol. The smallest absolute Gasteiger partial charge is 0.335 e. The van der Waals surface area contributed by atoms with Crippen molar-refractivity contribution in [1.29, 1.82) is 0 Å². The average molecular weight is 332 g/mol. The summed E-state index contributed by atoms with van der Waals surface area (Å²) in [5, 5.41) is 10.1. The fourth-order valence-corrected chi connectivity index (χ4v) is 3.75. The lowest BCUT2D eigenvalue weighted by molar-refractivity contribution is 0.0697. The highest BCUT2D eigenvalue weighted by Gasteiger charge is 2.19. The normalized spacial score (nSPS) is 14.5. The van der Waals surface area contributed by atoms with Gasteiger partial charge in [-0.25, -0.2) is 4.79 Å². The van der Waals surface area contributed by atoms with E-state index in [2.05, 4.69) is 29.7 Å². The number of hydrogen-bond acceptors (Lipinski definition) is 2. The molecular formula is C21H20N2O2. The topological polar surface area (TPSA) is 55.1 Å². The zero-order valence-corrected chi connectivity index (χ0v) is 14.4. The Morgan fingerprint density at radius 2 is 2.00 bits per heavy atom. The molecule has 1 N–H and O–H groups in total. The summed E-state index contributed by atoms with van der Waals surface area (Å²) in [6, 6.07) is 9.63. The lowest BCUT2D eigenvalue weighted by Crippen LogP contribution is -2.13. The average Bonchev–Trinajstić information content (AvgIpc) is 3.03. The number of benzene rings is 1. The third-order valence-corrected chi connectivity index (χ3v) is 5.01. The Balaban J connectivity index is 1.82. The van der Waals surface area contributed by atoms with Crippen LogP contribution in [0.15, 0.2) is 48.7 Å². The van der Waals surface area contributed by atoms with Gasteiger partial charge in [0.15, 0.2) is 0 Å². The summed E-state index contributed by atoms with van der Waals surface area (Å²) in [4.78, 5) is 15.9. The van der Waals surface area contributed by atoms with Gasteiger partial charge >= 0.3 is 5.97 Å². The number of hydrogen-bond donors (Lipinski definition) is 1. The number of rotatable bonds is 3. The molecule has 25 heavy (non-hydrogen) atoms. The highest BCUT2D eigenvalue weighted by molar-refractivity contribution is 5.93. The quantitative estimate of drug-likeness (QED) is 0.727. The van der Waals surface area contributed by atoms with E-state index in [0.29, 0.717) is 5.56 Å². The zero-order valence-electron chi connectivity index (χ0n) is 14.4. The molecule has 0 saturated carbocycles. The Morgan fingerprint density at radius 1 is 1.20 bits per heavy atom. The Bertz CT molecular complexity index is 1010. The van der Waals surface area contributed by atoms with Gasteiger partial charge < -0.3 is 9.67 Å². The van der Waals surface area contributed by atoms with Gasteiger partial charge in [0, 0.05) is 34.9 Å². The Hall–Kier alpha value is -2.88. The minimum atomic E-state index is -0.895. The van der Waals surface area contributed by atoms with Gasteiger partial charge in [-0.3, -0.25) is 4.98 Å². The minimum Gasteiger partial charge on any atom is -0.478 e. The molecule has 1 aromatic carbocycles. The molecule has 1 aliphatic carbocycles. The number of carbonyl (C=O) groups is 1. The summed E-state index contributed by atoms with van der Waals surface area (Å²) >= 11 is 0. The van der Waals surface area contributed by atoms with Crippen molar-refractivity contribution in [2.75, 3.05) is 0 Å². The van der Waals surface area contributed by atoms with Gasteiger partial charge in [0.25, 0.3) is 0 Å². The third kappa shape index (κ3) is 2.64. The number of fused-ring (bicyclic) bond motifs is 2. The first kappa shape index (κ1) is 15.6. The van der Waals surface area contributed by atoms with Crippen LogP contribution in [0, 0.1) is 6.92 Å². The molecule has 1 aliphatic rings. The minimum absolute atomic E-state index is 0.162. The molecule has 4 rings (SSSR count). The second kappa shape index (κ2) is 5.88.